The molecule has 0 fully saturated rings. The zero-order valence-corrected chi connectivity index (χ0v) is 23.7. The first-order chi connectivity index (χ1) is 19.8. The molecule has 0 aliphatic heterocycles. The number of carbonyl (C=O) groups excluding carboxylic acids is 2. The van der Waals surface area contributed by atoms with Crippen molar-refractivity contribution in [2.45, 2.75) is 51.5 Å². The Hall–Kier alpha value is -4.53. The lowest BCUT2D eigenvalue weighted by Crippen LogP contribution is -2.42. The molecule has 1 amide bonds. The van der Waals surface area contributed by atoms with Gasteiger partial charge in [-0.1, -0.05) is 44.7 Å². The van der Waals surface area contributed by atoms with Crippen molar-refractivity contribution in [3.63, 3.8) is 0 Å². The Morgan fingerprint density at radius 2 is 1.41 bits per heavy atom. The van der Waals surface area contributed by atoms with Crippen molar-refractivity contribution in [2.24, 2.45) is 0 Å². The van der Waals surface area contributed by atoms with E-state index in [0.717, 1.165) is 12.8 Å². The van der Waals surface area contributed by atoms with Gasteiger partial charge in [-0.3, -0.25) is 4.79 Å². The van der Waals surface area contributed by atoms with Crippen molar-refractivity contribution in [1.82, 2.24) is 5.32 Å². The number of aliphatic carboxylic acids is 1. The first-order valence-electron chi connectivity index (χ1n) is 13.6. The summed E-state index contributed by atoms with van der Waals surface area (Å²) in [6.45, 7) is 2.82. The first kappa shape index (κ1) is 31.0. The SMILES string of the molecule is CCCCCCCOc1ccc(C(=O)Oc2ccc(C[C@H](NC(=O)c3ccc(OC)c(OC)c3)C(=O)O)cc2)cc1. The molecule has 9 nitrogen and oxygen atoms in total. The third-order valence-corrected chi connectivity index (χ3v) is 6.43. The van der Waals surface area contributed by atoms with Gasteiger partial charge in [-0.15, -0.1) is 0 Å². The summed E-state index contributed by atoms with van der Waals surface area (Å²) in [5.74, 6) is -0.441. The number of methoxy groups -OCH3 is 2. The normalized spacial score (nSPS) is 11.3. The van der Waals surface area contributed by atoms with E-state index in [-0.39, 0.29) is 12.0 Å². The molecule has 0 heterocycles. The van der Waals surface area contributed by atoms with Crippen LogP contribution in [0.15, 0.2) is 66.7 Å². The van der Waals surface area contributed by atoms with Crippen molar-refractivity contribution in [3.05, 3.63) is 83.4 Å². The number of hydrogen-bond donors (Lipinski definition) is 2. The van der Waals surface area contributed by atoms with Crippen molar-refractivity contribution in [2.75, 3.05) is 20.8 Å². The van der Waals surface area contributed by atoms with Crippen molar-refractivity contribution in [1.29, 1.82) is 0 Å². The van der Waals surface area contributed by atoms with E-state index in [1.807, 2.05) is 0 Å². The van der Waals surface area contributed by atoms with E-state index >= 15 is 0 Å². The number of ether oxygens (including phenoxy) is 4. The Bertz CT molecular complexity index is 1290. The Kier molecular flexibility index (Phi) is 12.0. The molecule has 1 atom stereocenters. The monoisotopic (exact) mass is 563 g/mol. The topological polar surface area (TPSA) is 120 Å². The lowest BCUT2D eigenvalue weighted by Gasteiger charge is -2.16. The molecule has 3 aromatic rings. The quantitative estimate of drug-likeness (QED) is 0.129. The molecular weight excluding hydrogens is 526 g/mol. The molecule has 3 aromatic carbocycles. The van der Waals surface area contributed by atoms with Crippen molar-refractivity contribution in [3.8, 4) is 23.0 Å². The summed E-state index contributed by atoms with van der Waals surface area (Å²) >= 11 is 0. The van der Waals surface area contributed by atoms with Gasteiger partial charge in [0.2, 0.25) is 0 Å². The van der Waals surface area contributed by atoms with Gasteiger partial charge in [-0.25, -0.2) is 9.59 Å². The summed E-state index contributed by atoms with van der Waals surface area (Å²) < 4.78 is 21.6. The molecule has 0 aliphatic carbocycles. The predicted octanol–water partition coefficient (Wildman–Crippen LogP) is 5.70. The molecule has 0 bridgehead atoms. The van der Waals surface area contributed by atoms with Gasteiger partial charge in [0.1, 0.15) is 17.5 Å². The lowest BCUT2D eigenvalue weighted by molar-refractivity contribution is -0.139. The highest BCUT2D eigenvalue weighted by Gasteiger charge is 2.22. The molecule has 0 unspecified atom stereocenters. The minimum absolute atomic E-state index is 0.0304. The molecule has 218 valence electrons. The smallest absolute Gasteiger partial charge is 0.343 e. The van der Waals surface area contributed by atoms with E-state index in [9.17, 15) is 19.5 Å². The van der Waals surface area contributed by atoms with Crippen LogP contribution in [0.1, 0.15) is 65.3 Å². The fourth-order valence-electron chi connectivity index (χ4n) is 4.10. The second-order valence-electron chi connectivity index (χ2n) is 9.46. The van der Waals surface area contributed by atoms with E-state index in [1.54, 1.807) is 54.6 Å². The minimum atomic E-state index is -1.18. The molecule has 0 radical (unpaired) electrons. The Balaban J connectivity index is 1.53. The Labute approximate surface area is 240 Å². The molecule has 0 aliphatic rings. The van der Waals surface area contributed by atoms with Crippen LogP contribution < -0.4 is 24.3 Å². The van der Waals surface area contributed by atoms with Gasteiger partial charge in [0.15, 0.2) is 11.5 Å². The molecule has 0 aromatic heterocycles. The van der Waals surface area contributed by atoms with Crippen LogP contribution in [0.2, 0.25) is 0 Å². The third kappa shape index (κ3) is 9.56. The van der Waals surface area contributed by atoms with Crippen LogP contribution in [0.25, 0.3) is 0 Å². The van der Waals surface area contributed by atoms with Crippen LogP contribution in [-0.4, -0.2) is 49.8 Å². The highest BCUT2D eigenvalue weighted by Crippen LogP contribution is 2.27. The van der Waals surface area contributed by atoms with Gasteiger partial charge < -0.3 is 29.4 Å². The number of amides is 1. The number of unbranched alkanes of at least 4 members (excludes halogenated alkanes) is 4. The minimum Gasteiger partial charge on any atom is -0.494 e. The number of carboxylic acids is 1. The maximum absolute atomic E-state index is 12.7. The molecule has 3 rings (SSSR count). The summed E-state index contributed by atoms with van der Waals surface area (Å²) in [4.78, 5) is 37.1. The number of rotatable bonds is 16. The summed E-state index contributed by atoms with van der Waals surface area (Å²) in [7, 11) is 2.93. The van der Waals surface area contributed by atoms with Crippen LogP contribution in [0.4, 0.5) is 0 Å². The molecule has 0 saturated heterocycles. The van der Waals surface area contributed by atoms with Crippen LogP contribution in [0.5, 0.6) is 23.0 Å². The van der Waals surface area contributed by atoms with Gasteiger partial charge >= 0.3 is 11.9 Å². The Morgan fingerprint density at radius 1 is 0.780 bits per heavy atom. The van der Waals surface area contributed by atoms with Crippen LogP contribution in [-0.2, 0) is 11.2 Å². The maximum atomic E-state index is 12.7. The van der Waals surface area contributed by atoms with Gasteiger partial charge in [-0.2, -0.15) is 0 Å². The third-order valence-electron chi connectivity index (χ3n) is 6.43. The van der Waals surface area contributed by atoms with E-state index in [1.165, 1.54) is 45.6 Å². The number of benzene rings is 3. The van der Waals surface area contributed by atoms with Crippen LogP contribution >= 0.6 is 0 Å². The average molecular weight is 564 g/mol. The zero-order chi connectivity index (χ0) is 29.6. The molecule has 41 heavy (non-hydrogen) atoms. The molecule has 0 saturated carbocycles. The second-order valence-corrected chi connectivity index (χ2v) is 9.46. The Morgan fingerprint density at radius 3 is 2.05 bits per heavy atom. The first-order valence-corrected chi connectivity index (χ1v) is 13.6. The number of nitrogens with one attached hydrogen (secondary N) is 1. The summed E-state index contributed by atoms with van der Waals surface area (Å²) in [5.41, 5.74) is 1.26. The largest absolute Gasteiger partial charge is 0.494 e. The molecule has 0 spiro atoms. The van der Waals surface area contributed by atoms with E-state index in [4.69, 9.17) is 18.9 Å². The second kappa shape index (κ2) is 15.9. The van der Waals surface area contributed by atoms with E-state index in [2.05, 4.69) is 12.2 Å². The van der Waals surface area contributed by atoms with Gasteiger partial charge in [-0.05, 0) is 66.6 Å². The maximum Gasteiger partial charge on any atom is 0.343 e. The summed E-state index contributed by atoms with van der Waals surface area (Å²) in [6.07, 6.45) is 5.82. The lowest BCUT2D eigenvalue weighted by atomic mass is 10.0. The number of carboxylic acid groups (broad SMARTS) is 1. The van der Waals surface area contributed by atoms with E-state index in [0.29, 0.717) is 40.7 Å². The summed E-state index contributed by atoms with van der Waals surface area (Å²) in [6, 6.07) is 16.7. The van der Waals surface area contributed by atoms with Crippen molar-refractivity contribution < 1.29 is 38.4 Å². The average Bonchev–Trinajstić information content (AvgIpc) is 2.99. The van der Waals surface area contributed by atoms with Gasteiger partial charge in [0.05, 0.1) is 26.4 Å². The zero-order valence-electron chi connectivity index (χ0n) is 23.7. The van der Waals surface area contributed by atoms with Crippen LogP contribution in [0.3, 0.4) is 0 Å². The number of hydrogen-bond acceptors (Lipinski definition) is 7. The molecule has 2 N–H and O–H groups in total. The highest BCUT2D eigenvalue weighted by molar-refractivity contribution is 5.97. The molecule has 9 heteroatoms. The summed E-state index contributed by atoms with van der Waals surface area (Å²) in [5, 5.41) is 12.2. The number of carbonyl (C=O) groups is 3. The standard InChI is InChI=1S/C32H37NO8/c1-4-5-6-7-8-19-40-25-16-11-23(12-17-25)32(37)41-26-14-9-22(10-15-26)20-27(31(35)36)33-30(34)24-13-18-28(38-2)29(21-24)39-3/h9-18,21,27H,4-8,19-20H2,1-3H3,(H,33,34)(H,35,36)/t27-/m0/s1. The fourth-order valence-corrected chi connectivity index (χ4v) is 4.10. The molecular formula is C32H37NO8. The number of esters is 1. The van der Waals surface area contributed by atoms with Gasteiger partial charge in [0.25, 0.3) is 5.91 Å². The van der Waals surface area contributed by atoms with E-state index < -0.39 is 23.9 Å². The van der Waals surface area contributed by atoms with Crippen LogP contribution in [0, 0.1) is 0 Å². The van der Waals surface area contributed by atoms with Crippen molar-refractivity contribution >= 4 is 17.8 Å². The predicted molar refractivity (Wildman–Crippen MR) is 154 cm³/mol. The highest BCUT2D eigenvalue weighted by atomic mass is 16.5. The fraction of sp³-hybridized carbons (Fsp3) is 0.344. The van der Waals surface area contributed by atoms with Gasteiger partial charge in [0, 0.05) is 12.0 Å².